The molecule has 82 valence electrons. The van der Waals surface area contributed by atoms with Gasteiger partial charge in [-0.2, -0.15) is 0 Å². The fourth-order valence-corrected chi connectivity index (χ4v) is 0.620. The smallest absolute Gasteiger partial charge is 0.317 e. The van der Waals surface area contributed by atoms with E-state index in [1.54, 1.807) is 0 Å². The first-order valence-corrected chi connectivity index (χ1v) is 3.90. The summed E-state index contributed by atoms with van der Waals surface area (Å²) in [5.41, 5.74) is 0. The molecular formula is C6H11O7P. The van der Waals surface area contributed by atoms with Gasteiger partial charge in [0.1, 0.15) is 0 Å². The minimum atomic E-state index is -1.62. The van der Waals surface area contributed by atoms with Gasteiger partial charge >= 0.3 is 17.9 Å². The van der Waals surface area contributed by atoms with Crippen molar-refractivity contribution in [3.05, 3.63) is 0 Å². The lowest BCUT2D eigenvalue weighted by atomic mass is 10.0. The van der Waals surface area contributed by atoms with Crippen LogP contribution in [-0.4, -0.2) is 38.1 Å². The monoisotopic (exact) mass is 226 g/mol. The van der Waals surface area contributed by atoms with Crippen LogP contribution in [0.4, 0.5) is 0 Å². The minimum absolute atomic E-state index is 0.389. The fourth-order valence-electron chi connectivity index (χ4n) is 0.620. The first kappa shape index (κ1) is 15.3. The molecule has 0 bridgehead atoms. The van der Waals surface area contributed by atoms with Crippen LogP contribution in [0.25, 0.3) is 0 Å². The second-order valence-corrected chi connectivity index (χ2v) is 2.16. The highest BCUT2D eigenvalue weighted by atomic mass is 31.0. The van der Waals surface area contributed by atoms with Crippen LogP contribution in [0.2, 0.25) is 0 Å². The average molecular weight is 226 g/mol. The predicted octanol–water partition coefficient (Wildman–Crippen LogP) is -0.595. The van der Waals surface area contributed by atoms with Crippen LogP contribution < -0.4 is 0 Å². The summed E-state index contributed by atoms with van der Waals surface area (Å²) in [5, 5.41) is 24.7. The third-order valence-electron chi connectivity index (χ3n) is 1.24. The van der Waals surface area contributed by atoms with Crippen LogP contribution in [0, 0.1) is 5.92 Å². The molecule has 0 aliphatic heterocycles. The highest BCUT2D eigenvalue weighted by molar-refractivity contribution is 7.08. The van der Waals surface area contributed by atoms with Gasteiger partial charge in [-0.3, -0.25) is 14.4 Å². The number of carbonyl (C=O) groups is 3. The highest BCUT2D eigenvalue weighted by Crippen LogP contribution is 2.06. The molecule has 1 unspecified atom stereocenters. The molecule has 8 heteroatoms. The Morgan fingerprint density at radius 1 is 1.00 bits per heavy atom. The molecule has 0 aliphatic carbocycles. The van der Waals surface area contributed by atoms with E-state index in [1.165, 1.54) is 9.47 Å². The predicted molar refractivity (Wildman–Crippen MR) is 47.6 cm³/mol. The molecule has 0 radical (unpaired) electrons. The van der Waals surface area contributed by atoms with Crippen LogP contribution >= 0.6 is 9.47 Å². The second kappa shape index (κ2) is 8.40. The van der Waals surface area contributed by atoms with Gasteiger partial charge in [-0.1, -0.05) is 0 Å². The first-order valence-electron chi connectivity index (χ1n) is 3.38. The molecule has 0 heterocycles. The van der Waals surface area contributed by atoms with Crippen molar-refractivity contribution in [2.24, 2.45) is 5.92 Å². The molecular weight excluding hydrogens is 215 g/mol. The summed E-state index contributed by atoms with van der Waals surface area (Å²) >= 11 is 0. The van der Waals surface area contributed by atoms with E-state index in [2.05, 4.69) is 0 Å². The normalized spacial score (nSPS) is 8.79. The zero-order valence-electron chi connectivity index (χ0n) is 7.08. The molecule has 0 saturated carbocycles. The van der Waals surface area contributed by atoms with Crippen molar-refractivity contribution < 1.29 is 34.6 Å². The average Bonchev–Trinajstić information content (AvgIpc) is 2.06. The van der Waals surface area contributed by atoms with Gasteiger partial charge in [-0.15, -0.1) is 0 Å². The van der Waals surface area contributed by atoms with Gasteiger partial charge in [0.25, 0.3) is 0 Å². The topological polar surface area (TPSA) is 132 Å². The molecule has 0 spiro atoms. The maximum atomic E-state index is 10.2. The Labute approximate surface area is 81.6 Å². The summed E-state index contributed by atoms with van der Waals surface area (Å²) in [6.45, 7) is 0. The Bertz CT molecular complexity index is 200. The van der Waals surface area contributed by atoms with Gasteiger partial charge in [0.05, 0.1) is 0 Å². The van der Waals surface area contributed by atoms with E-state index in [4.69, 9.17) is 20.2 Å². The highest BCUT2D eigenvalue weighted by Gasteiger charge is 2.25. The van der Waals surface area contributed by atoms with E-state index >= 15 is 0 Å². The molecule has 14 heavy (non-hydrogen) atoms. The Kier molecular flexibility index (Phi) is 9.17. The van der Waals surface area contributed by atoms with Crippen molar-refractivity contribution in [2.45, 2.75) is 12.8 Å². The summed E-state index contributed by atoms with van der Waals surface area (Å²) in [6, 6.07) is 0. The quantitative estimate of drug-likeness (QED) is 0.363. The van der Waals surface area contributed by atoms with Crippen molar-refractivity contribution in [3.8, 4) is 0 Å². The molecule has 0 aromatic rings. The lowest BCUT2D eigenvalue weighted by Crippen LogP contribution is -2.24. The zero-order chi connectivity index (χ0) is 11.7. The van der Waals surface area contributed by atoms with E-state index in [1.807, 2.05) is 0 Å². The Morgan fingerprint density at radius 3 is 1.57 bits per heavy atom. The van der Waals surface area contributed by atoms with E-state index in [0.29, 0.717) is 0 Å². The van der Waals surface area contributed by atoms with E-state index in [9.17, 15) is 14.4 Å². The summed E-state index contributed by atoms with van der Waals surface area (Å²) in [7, 11) is 1.42. The third kappa shape index (κ3) is 7.45. The molecule has 1 atom stereocenters. The summed E-state index contributed by atoms with van der Waals surface area (Å²) in [4.78, 5) is 37.2. The summed E-state index contributed by atoms with van der Waals surface area (Å²) in [5.74, 6) is -5.85. The van der Waals surface area contributed by atoms with Crippen LogP contribution in [0.1, 0.15) is 12.8 Å². The first-order chi connectivity index (χ1) is 6.45. The molecule has 0 fully saturated rings. The number of rotatable bonds is 5. The van der Waals surface area contributed by atoms with E-state index in [0.717, 1.165) is 0 Å². The lowest BCUT2D eigenvalue weighted by molar-refractivity contribution is -0.155. The number of hydrogen-bond acceptors (Lipinski definition) is 4. The molecule has 4 N–H and O–H groups in total. The maximum Gasteiger partial charge on any atom is 0.317 e. The Balaban J connectivity index is 0. The molecule has 0 saturated heterocycles. The van der Waals surface area contributed by atoms with Crippen LogP contribution in [0.15, 0.2) is 0 Å². The van der Waals surface area contributed by atoms with Gasteiger partial charge in [-0.05, 0) is 15.9 Å². The van der Waals surface area contributed by atoms with Crippen molar-refractivity contribution in [3.63, 3.8) is 0 Å². The van der Waals surface area contributed by atoms with Gasteiger partial charge in [0.15, 0.2) is 5.92 Å². The molecule has 7 nitrogen and oxygen atoms in total. The van der Waals surface area contributed by atoms with Crippen molar-refractivity contribution >= 4 is 27.4 Å². The van der Waals surface area contributed by atoms with Gasteiger partial charge in [-0.25, -0.2) is 0 Å². The SMILES string of the molecule is O=C(O)CCC(C(=O)O)C(=O)O.OP. The molecule has 0 amide bonds. The summed E-state index contributed by atoms with van der Waals surface area (Å²) < 4.78 is 0. The fraction of sp³-hybridized carbons (Fsp3) is 0.500. The molecule has 0 aliphatic rings. The standard InChI is InChI=1S/C6H8O6.H3OP/c7-4(8)2-1-3(5(9)10)6(11)12;1-2/h3H,1-2H2,(H,7,8)(H,9,10)(H,11,12);1H,2H2. The van der Waals surface area contributed by atoms with Crippen LogP contribution in [-0.2, 0) is 14.4 Å². The largest absolute Gasteiger partial charge is 0.481 e. The van der Waals surface area contributed by atoms with E-state index < -0.39 is 30.2 Å². The van der Waals surface area contributed by atoms with Gasteiger partial charge < -0.3 is 20.2 Å². The zero-order valence-corrected chi connectivity index (χ0v) is 8.24. The van der Waals surface area contributed by atoms with Gasteiger partial charge in [0.2, 0.25) is 0 Å². The Hall–Kier alpha value is -1.20. The van der Waals surface area contributed by atoms with Crippen LogP contribution in [0.5, 0.6) is 0 Å². The second-order valence-electron chi connectivity index (χ2n) is 2.16. The number of hydrogen-bond donors (Lipinski definition) is 4. The molecule has 0 aromatic carbocycles. The maximum absolute atomic E-state index is 10.2. The Morgan fingerprint density at radius 2 is 1.36 bits per heavy atom. The van der Waals surface area contributed by atoms with Crippen molar-refractivity contribution in [2.75, 3.05) is 0 Å². The van der Waals surface area contributed by atoms with E-state index in [-0.39, 0.29) is 6.42 Å². The molecule has 0 rings (SSSR count). The van der Waals surface area contributed by atoms with Gasteiger partial charge in [0, 0.05) is 6.42 Å². The van der Waals surface area contributed by atoms with Crippen molar-refractivity contribution in [1.82, 2.24) is 0 Å². The molecule has 0 aromatic heterocycles. The third-order valence-corrected chi connectivity index (χ3v) is 1.24. The minimum Gasteiger partial charge on any atom is -0.481 e. The lowest BCUT2D eigenvalue weighted by Gasteiger charge is -2.03. The summed E-state index contributed by atoms with van der Waals surface area (Å²) in [6.07, 6.45) is -0.844. The van der Waals surface area contributed by atoms with Crippen molar-refractivity contribution in [1.29, 1.82) is 0 Å². The number of carboxylic acid groups (broad SMARTS) is 3. The van der Waals surface area contributed by atoms with Crippen LogP contribution in [0.3, 0.4) is 0 Å². The number of aliphatic carboxylic acids is 3. The number of carboxylic acids is 3.